The molecule has 0 bridgehead atoms. The van der Waals surface area contributed by atoms with E-state index in [1.807, 2.05) is 19.9 Å². The number of nitrogens with zero attached hydrogens (tertiary/aromatic N) is 4. The molecule has 0 saturated carbocycles. The number of carbonyl (C=O) groups excluding carboxylic acids is 2. The van der Waals surface area contributed by atoms with Crippen LogP contribution in [0.4, 0.5) is 0 Å². The fourth-order valence-electron chi connectivity index (χ4n) is 5.29. The van der Waals surface area contributed by atoms with Gasteiger partial charge in [0.15, 0.2) is 0 Å². The van der Waals surface area contributed by atoms with Gasteiger partial charge in [0.25, 0.3) is 5.91 Å². The highest BCUT2D eigenvalue weighted by Gasteiger charge is 2.34. The molecule has 1 aromatic heterocycles. The minimum Gasteiger partial charge on any atom is -0.381 e. The lowest BCUT2D eigenvalue weighted by Crippen LogP contribution is -2.50. The van der Waals surface area contributed by atoms with E-state index in [0.29, 0.717) is 59.0 Å². The Hall–Kier alpha value is -3.38. The molecular formula is C29H36ClN7O4. The van der Waals surface area contributed by atoms with E-state index in [2.05, 4.69) is 26.1 Å². The van der Waals surface area contributed by atoms with Crippen molar-refractivity contribution in [2.45, 2.75) is 58.3 Å². The minimum absolute atomic E-state index is 0.0313. The summed E-state index contributed by atoms with van der Waals surface area (Å²) in [7, 11) is 0. The number of ether oxygens (including phenoxy) is 1. The van der Waals surface area contributed by atoms with Gasteiger partial charge in [0.2, 0.25) is 17.6 Å². The van der Waals surface area contributed by atoms with Crippen molar-refractivity contribution in [2.75, 3.05) is 32.8 Å². The van der Waals surface area contributed by atoms with Crippen molar-refractivity contribution < 1.29 is 18.8 Å². The van der Waals surface area contributed by atoms with Crippen molar-refractivity contribution in [1.82, 2.24) is 31.0 Å². The number of aryl methyl sites for hydroxylation is 1. The molecule has 2 fully saturated rings. The number of rotatable bonds is 8. The molecular weight excluding hydrogens is 546 g/mol. The molecule has 41 heavy (non-hydrogen) atoms. The lowest BCUT2D eigenvalue weighted by molar-refractivity contribution is -0.128. The molecule has 0 radical (unpaired) electrons. The molecule has 0 aliphatic carbocycles. The van der Waals surface area contributed by atoms with Crippen molar-refractivity contribution in [3.05, 3.63) is 52.4 Å². The quantitative estimate of drug-likeness (QED) is 0.433. The number of amides is 2. The van der Waals surface area contributed by atoms with Crippen LogP contribution in [-0.2, 0) is 14.3 Å². The third-order valence-electron chi connectivity index (χ3n) is 7.39. The first-order valence-electron chi connectivity index (χ1n) is 14.0. The SMILES string of the molecule is C/C=C1/C=C(c2ccc(-c3noc(C)n3)cc2Cl)C(=O)N(CC(=O)NC2CCNC2)/C1=N/C(C)NC1CCOCC1. The largest absolute Gasteiger partial charge is 0.381 e. The van der Waals surface area contributed by atoms with E-state index in [1.165, 1.54) is 4.90 Å². The summed E-state index contributed by atoms with van der Waals surface area (Å²) < 4.78 is 10.6. The highest BCUT2D eigenvalue weighted by molar-refractivity contribution is 6.38. The summed E-state index contributed by atoms with van der Waals surface area (Å²) >= 11 is 6.72. The molecule has 2 aromatic rings. The van der Waals surface area contributed by atoms with Crippen LogP contribution in [0.1, 0.15) is 44.6 Å². The molecule has 12 heteroatoms. The van der Waals surface area contributed by atoms with Crippen molar-refractivity contribution in [3.63, 3.8) is 0 Å². The molecule has 11 nitrogen and oxygen atoms in total. The van der Waals surface area contributed by atoms with Crippen LogP contribution in [0.5, 0.6) is 0 Å². The molecule has 1 aromatic carbocycles. The fourth-order valence-corrected chi connectivity index (χ4v) is 5.57. The van der Waals surface area contributed by atoms with Gasteiger partial charge in [-0.05, 0) is 51.8 Å². The first-order chi connectivity index (χ1) is 19.8. The maximum Gasteiger partial charge on any atom is 0.260 e. The standard InChI is InChI=1S/C29H36ClN7O4/c1-4-19-13-24(23-6-5-20(14-25(23)30)27-34-18(3)41-36-27)29(39)37(16-26(38)35-22-7-10-31-15-22)28(19)33-17(2)32-21-8-11-40-12-9-21/h4-6,13-14,17,21-22,31-32H,7-12,15-16H2,1-3H3,(H,35,38)/b19-4-,33-28+. The maximum atomic E-state index is 14.1. The molecule has 2 amide bonds. The van der Waals surface area contributed by atoms with Gasteiger partial charge in [-0.2, -0.15) is 4.98 Å². The van der Waals surface area contributed by atoms with E-state index < -0.39 is 0 Å². The maximum absolute atomic E-state index is 14.1. The Morgan fingerprint density at radius 1 is 1.29 bits per heavy atom. The monoisotopic (exact) mass is 581 g/mol. The second-order valence-electron chi connectivity index (χ2n) is 10.5. The van der Waals surface area contributed by atoms with Crippen LogP contribution < -0.4 is 16.0 Å². The van der Waals surface area contributed by atoms with Crippen molar-refractivity contribution in [1.29, 1.82) is 0 Å². The Morgan fingerprint density at radius 3 is 2.76 bits per heavy atom. The van der Waals surface area contributed by atoms with E-state index in [4.69, 9.17) is 25.9 Å². The Kier molecular flexibility index (Phi) is 9.29. The van der Waals surface area contributed by atoms with Gasteiger partial charge in [-0.25, -0.2) is 4.99 Å². The lowest BCUT2D eigenvalue weighted by Gasteiger charge is -2.32. The zero-order valence-electron chi connectivity index (χ0n) is 23.6. The fraction of sp³-hybridized carbons (Fsp3) is 0.483. The average molecular weight is 582 g/mol. The summed E-state index contributed by atoms with van der Waals surface area (Å²) in [5, 5.41) is 14.1. The van der Waals surface area contributed by atoms with Crippen molar-refractivity contribution >= 4 is 34.8 Å². The number of hydrogen-bond donors (Lipinski definition) is 3. The van der Waals surface area contributed by atoms with Crippen LogP contribution >= 0.6 is 11.6 Å². The molecule has 218 valence electrons. The number of aliphatic imine (C=N–C) groups is 1. The zero-order chi connectivity index (χ0) is 28.9. The van der Waals surface area contributed by atoms with Crippen LogP contribution in [0.25, 0.3) is 17.0 Å². The number of benzene rings is 1. The van der Waals surface area contributed by atoms with Gasteiger partial charge in [-0.15, -0.1) is 0 Å². The summed E-state index contributed by atoms with van der Waals surface area (Å²) in [6.45, 7) is 8.37. The number of amidine groups is 1. The van der Waals surface area contributed by atoms with E-state index in [1.54, 1.807) is 31.2 Å². The number of aromatic nitrogens is 2. The van der Waals surface area contributed by atoms with E-state index >= 15 is 0 Å². The molecule has 5 rings (SSSR count). The lowest BCUT2D eigenvalue weighted by atomic mass is 9.95. The number of halogens is 1. The predicted octanol–water partition coefficient (Wildman–Crippen LogP) is 2.86. The zero-order valence-corrected chi connectivity index (χ0v) is 24.3. The van der Waals surface area contributed by atoms with Gasteiger partial charge in [-0.1, -0.05) is 35.0 Å². The second kappa shape index (κ2) is 13.1. The van der Waals surface area contributed by atoms with Gasteiger partial charge in [0.1, 0.15) is 12.4 Å². The highest BCUT2D eigenvalue weighted by Crippen LogP contribution is 2.33. The number of carbonyl (C=O) groups is 2. The molecule has 0 spiro atoms. The molecule has 3 N–H and O–H groups in total. The first kappa shape index (κ1) is 29.1. The second-order valence-corrected chi connectivity index (χ2v) is 10.9. The number of allylic oxidation sites excluding steroid dienone is 1. The molecule has 2 unspecified atom stereocenters. The molecule has 2 saturated heterocycles. The average Bonchev–Trinajstić information content (AvgIpc) is 3.63. The van der Waals surface area contributed by atoms with Crippen molar-refractivity contribution in [3.8, 4) is 11.4 Å². The van der Waals surface area contributed by atoms with Crippen LogP contribution in [0.15, 0.2) is 45.4 Å². The molecule has 2 atom stereocenters. The summed E-state index contributed by atoms with van der Waals surface area (Å²) in [5.41, 5.74) is 2.31. The Labute approximate surface area is 244 Å². The number of nitrogens with one attached hydrogen (secondary N) is 3. The van der Waals surface area contributed by atoms with Crippen molar-refractivity contribution in [2.24, 2.45) is 4.99 Å². The van der Waals surface area contributed by atoms with E-state index in [0.717, 1.165) is 31.4 Å². The van der Waals surface area contributed by atoms with Gasteiger partial charge < -0.3 is 19.9 Å². The molecule has 3 aliphatic heterocycles. The summed E-state index contributed by atoms with van der Waals surface area (Å²) in [6.07, 6.45) is 6.04. The van der Waals surface area contributed by atoms with E-state index in [-0.39, 0.29) is 36.6 Å². The van der Waals surface area contributed by atoms with Crippen LogP contribution in [0.3, 0.4) is 0 Å². The Balaban J connectivity index is 1.46. The van der Waals surface area contributed by atoms with Gasteiger partial charge >= 0.3 is 0 Å². The van der Waals surface area contributed by atoms with Gasteiger partial charge in [0.05, 0.1) is 6.17 Å². The Morgan fingerprint density at radius 2 is 2.10 bits per heavy atom. The van der Waals surface area contributed by atoms with Crippen LogP contribution in [-0.4, -0.2) is 83.8 Å². The molecule has 4 heterocycles. The topological polar surface area (TPSA) is 134 Å². The van der Waals surface area contributed by atoms with Crippen LogP contribution in [0.2, 0.25) is 5.02 Å². The van der Waals surface area contributed by atoms with E-state index in [9.17, 15) is 9.59 Å². The normalized spacial score (nSPS) is 22.8. The van der Waals surface area contributed by atoms with Gasteiger partial charge in [0, 0.05) is 66.1 Å². The smallest absolute Gasteiger partial charge is 0.260 e. The van der Waals surface area contributed by atoms with Gasteiger partial charge in [-0.3, -0.25) is 19.8 Å². The summed E-state index contributed by atoms with van der Waals surface area (Å²) in [5.74, 6) is 0.711. The third-order valence-corrected chi connectivity index (χ3v) is 7.70. The van der Waals surface area contributed by atoms with Crippen LogP contribution in [0, 0.1) is 6.92 Å². The third kappa shape index (κ3) is 6.92. The summed E-state index contributed by atoms with van der Waals surface area (Å²) in [4.78, 5) is 37.9. The summed E-state index contributed by atoms with van der Waals surface area (Å²) in [6, 6.07) is 5.57. The Bertz CT molecular complexity index is 1370. The number of hydrogen-bond acceptors (Lipinski definition) is 9. The molecule has 3 aliphatic rings. The first-order valence-corrected chi connectivity index (χ1v) is 14.4. The minimum atomic E-state index is -0.350. The predicted molar refractivity (Wildman–Crippen MR) is 156 cm³/mol. The highest BCUT2D eigenvalue weighted by atomic mass is 35.5.